The third-order valence-corrected chi connectivity index (χ3v) is 1.90. The van der Waals surface area contributed by atoms with Crippen molar-refractivity contribution < 1.29 is 10.0 Å². The topological polar surface area (TPSA) is 81.2 Å². The summed E-state index contributed by atoms with van der Waals surface area (Å²) in [5.74, 6) is 0.281. The van der Waals surface area contributed by atoms with Crippen LogP contribution in [0.5, 0.6) is 0 Å². The van der Waals surface area contributed by atoms with Crippen molar-refractivity contribution in [2.45, 2.75) is 12.8 Å². The Kier molecular flexibility index (Phi) is 2.62. The molecule has 1 unspecified atom stereocenters. The van der Waals surface area contributed by atoms with Gasteiger partial charge in [-0.2, -0.15) is 0 Å². The van der Waals surface area contributed by atoms with Crippen LogP contribution < -0.4 is 0 Å². The zero-order valence-corrected chi connectivity index (χ0v) is 7.47. The van der Waals surface area contributed by atoms with E-state index in [9.17, 15) is 10.1 Å². The average Bonchev–Trinajstić information content (AvgIpc) is 2.46. The van der Waals surface area contributed by atoms with E-state index in [1.54, 1.807) is 14.0 Å². The highest BCUT2D eigenvalue weighted by atomic mass is 16.6. The van der Waals surface area contributed by atoms with Crippen LogP contribution in [0.15, 0.2) is 6.20 Å². The number of rotatable bonds is 3. The second-order valence-corrected chi connectivity index (χ2v) is 2.87. The van der Waals surface area contributed by atoms with Gasteiger partial charge in [0.1, 0.15) is 6.20 Å². The molecule has 1 aromatic heterocycles. The minimum atomic E-state index is -0.499. The van der Waals surface area contributed by atoms with E-state index in [0.717, 1.165) is 0 Å². The van der Waals surface area contributed by atoms with E-state index >= 15 is 0 Å². The Morgan fingerprint density at radius 3 is 2.85 bits per heavy atom. The fourth-order valence-electron chi connectivity index (χ4n) is 1.12. The van der Waals surface area contributed by atoms with Crippen LogP contribution in [0.25, 0.3) is 0 Å². The quantitative estimate of drug-likeness (QED) is 0.546. The molecule has 6 nitrogen and oxygen atoms in total. The molecule has 0 radical (unpaired) electrons. The summed E-state index contributed by atoms with van der Waals surface area (Å²) in [7, 11) is 1.56. The van der Waals surface area contributed by atoms with E-state index in [1.807, 2.05) is 0 Å². The van der Waals surface area contributed by atoms with Crippen LogP contribution in [-0.4, -0.2) is 26.2 Å². The highest BCUT2D eigenvalue weighted by Gasteiger charge is 2.20. The standard InChI is InChI=1S/C7H11N3O3/c1-5(4-11)7-8-3-6(9(7)2)10(12)13/h3,5,11H,4H2,1-2H3. The summed E-state index contributed by atoms with van der Waals surface area (Å²) in [6.45, 7) is 1.69. The van der Waals surface area contributed by atoms with Gasteiger partial charge in [-0.1, -0.05) is 6.92 Å². The van der Waals surface area contributed by atoms with Gasteiger partial charge >= 0.3 is 5.82 Å². The number of aliphatic hydroxyl groups is 1. The fourth-order valence-corrected chi connectivity index (χ4v) is 1.12. The molecule has 1 rings (SSSR count). The van der Waals surface area contributed by atoms with Crippen LogP contribution in [0.3, 0.4) is 0 Å². The van der Waals surface area contributed by atoms with Gasteiger partial charge in [-0.3, -0.25) is 0 Å². The van der Waals surface area contributed by atoms with Gasteiger partial charge in [0.2, 0.25) is 5.82 Å². The van der Waals surface area contributed by atoms with Crippen LogP contribution in [0.1, 0.15) is 18.7 Å². The van der Waals surface area contributed by atoms with Gasteiger partial charge < -0.3 is 15.2 Å². The number of aliphatic hydroxyl groups excluding tert-OH is 1. The second-order valence-electron chi connectivity index (χ2n) is 2.87. The summed E-state index contributed by atoms with van der Waals surface area (Å²) in [4.78, 5) is 13.8. The highest BCUT2D eigenvalue weighted by molar-refractivity contribution is 5.20. The second kappa shape index (κ2) is 3.53. The Morgan fingerprint density at radius 2 is 2.46 bits per heavy atom. The van der Waals surface area contributed by atoms with Crippen LogP contribution in [0, 0.1) is 10.1 Å². The van der Waals surface area contributed by atoms with Gasteiger partial charge in [0.25, 0.3) is 0 Å². The Bertz CT molecular complexity index is 321. The predicted molar refractivity (Wildman–Crippen MR) is 45.4 cm³/mol. The molecule has 0 saturated carbocycles. The maximum absolute atomic E-state index is 10.4. The van der Waals surface area contributed by atoms with E-state index in [4.69, 9.17) is 5.11 Å². The SMILES string of the molecule is CC(CO)c1ncc([N+](=O)[O-])n1C. The van der Waals surface area contributed by atoms with E-state index in [2.05, 4.69) is 4.98 Å². The minimum absolute atomic E-state index is 0.0599. The number of hydrogen-bond acceptors (Lipinski definition) is 4. The molecule has 0 aliphatic rings. The van der Waals surface area contributed by atoms with Crippen LogP contribution in [0.2, 0.25) is 0 Å². The molecule has 0 spiro atoms. The molecule has 1 heterocycles. The summed E-state index contributed by atoms with van der Waals surface area (Å²) in [6.07, 6.45) is 1.20. The number of nitrogens with zero attached hydrogens (tertiary/aromatic N) is 3. The van der Waals surface area contributed by atoms with Crippen molar-refractivity contribution in [2.24, 2.45) is 7.05 Å². The predicted octanol–water partition coefficient (Wildman–Crippen LogP) is 0.424. The number of hydrogen-bond donors (Lipinski definition) is 1. The first-order chi connectivity index (χ1) is 6.07. The molecular formula is C7H11N3O3. The van der Waals surface area contributed by atoms with E-state index in [-0.39, 0.29) is 18.3 Å². The molecule has 13 heavy (non-hydrogen) atoms. The monoisotopic (exact) mass is 185 g/mol. The van der Waals surface area contributed by atoms with E-state index < -0.39 is 4.92 Å². The third-order valence-electron chi connectivity index (χ3n) is 1.90. The van der Waals surface area contributed by atoms with Crippen molar-refractivity contribution in [3.8, 4) is 0 Å². The van der Waals surface area contributed by atoms with Crippen LogP contribution in [-0.2, 0) is 7.05 Å². The molecule has 0 aliphatic heterocycles. The number of nitro groups is 1. The third kappa shape index (κ3) is 1.67. The lowest BCUT2D eigenvalue weighted by Gasteiger charge is -2.03. The molecule has 72 valence electrons. The zero-order chi connectivity index (χ0) is 10.0. The van der Waals surface area contributed by atoms with Crippen molar-refractivity contribution >= 4 is 5.82 Å². The molecule has 0 bridgehead atoms. The smallest absolute Gasteiger partial charge is 0.342 e. The Balaban J connectivity index is 3.06. The molecule has 1 N–H and O–H groups in total. The van der Waals surface area contributed by atoms with Crippen LogP contribution >= 0.6 is 0 Å². The molecule has 1 aromatic rings. The average molecular weight is 185 g/mol. The lowest BCUT2D eigenvalue weighted by atomic mass is 10.2. The van der Waals surface area contributed by atoms with Gasteiger partial charge in [-0.05, 0) is 4.92 Å². The van der Waals surface area contributed by atoms with Crippen molar-refractivity contribution in [1.29, 1.82) is 0 Å². The van der Waals surface area contributed by atoms with Gasteiger partial charge in [-0.15, -0.1) is 0 Å². The minimum Gasteiger partial charge on any atom is -0.396 e. The highest BCUT2D eigenvalue weighted by Crippen LogP contribution is 2.18. The first-order valence-corrected chi connectivity index (χ1v) is 3.84. The van der Waals surface area contributed by atoms with Gasteiger partial charge in [0, 0.05) is 0 Å². The zero-order valence-electron chi connectivity index (χ0n) is 7.47. The first-order valence-electron chi connectivity index (χ1n) is 3.84. The molecule has 6 heteroatoms. The maximum atomic E-state index is 10.4. The van der Waals surface area contributed by atoms with Gasteiger partial charge in [0.05, 0.1) is 19.6 Å². The Hall–Kier alpha value is -1.43. The summed E-state index contributed by atoms with van der Waals surface area (Å²) in [5, 5.41) is 19.3. The normalized spacial score (nSPS) is 12.8. The number of aromatic nitrogens is 2. The molecule has 0 aliphatic carbocycles. The molecule has 0 saturated heterocycles. The van der Waals surface area contributed by atoms with E-state index in [0.29, 0.717) is 5.82 Å². The van der Waals surface area contributed by atoms with Crippen molar-refractivity contribution in [1.82, 2.24) is 9.55 Å². The summed E-state index contributed by atoms with van der Waals surface area (Å²) in [5.41, 5.74) is 0. The van der Waals surface area contributed by atoms with Gasteiger partial charge in [0.15, 0.2) is 0 Å². The molecule has 0 aromatic carbocycles. The molecule has 1 atom stereocenters. The summed E-state index contributed by atoms with van der Waals surface area (Å²) >= 11 is 0. The largest absolute Gasteiger partial charge is 0.396 e. The number of imidazole rings is 1. The van der Waals surface area contributed by atoms with Crippen LogP contribution in [0.4, 0.5) is 5.82 Å². The lowest BCUT2D eigenvalue weighted by molar-refractivity contribution is -0.391. The molecule has 0 amide bonds. The van der Waals surface area contributed by atoms with E-state index in [1.165, 1.54) is 10.8 Å². The Labute approximate surface area is 75.0 Å². The first kappa shape index (κ1) is 9.66. The summed E-state index contributed by atoms with van der Waals surface area (Å²) < 4.78 is 1.38. The fraction of sp³-hybridized carbons (Fsp3) is 0.571. The van der Waals surface area contributed by atoms with Crippen molar-refractivity contribution in [3.63, 3.8) is 0 Å². The molecule has 0 fully saturated rings. The maximum Gasteiger partial charge on any atom is 0.342 e. The van der Waals surface area contributed by atoms with Crippen molar-refractivity contribution in [3.05, 3.63) is 22.1 Å². The van der Waals surface area contributed by atoms with Crippen molar-refractivity contribution in [2.75, 3.05) is 6.61 Å². The molecular weight excluding hydrogens is 174 g/mol. The lowest BCUT2D eigenvalue weighted by Crippen LogP contribution is -2.08. The Morgan fingerprint density at radius 1 is 1.85 bits per heavy atom. The van der Waals surface area contributed by atoms with Gasteiger partial charge in [-0.25, -0.2) is 9.55 Å². The summed E-state index contributed by atoms with van der Waals surface area (Å²) in [6, 6.07) is 0.